The van der Waals surface area contributed by atoms with Crippen LogP contribution in [-0.2, 0) is 19.6 Å². The molecule has 1 fully saturated rings. The molecule has 0 aliphatic carbocycles. The van der Waals surface area contributed by atoms with E-state index in [0.29, 0.717) is 11.3 Å². The molecule has 2 atom stereocenters. The van der Waals surface area contributed by atoms with Gasteiger partial charge in [0.2, 0.25) is 0 Å². The SMILES string of the molecule is CCN(C1COCC1C(=O)O)S(=O)(=O)c1sc(=O)[nH]c1C. The van der Waals surface area contributed by atoms with E-state index in [9.17, 15) is 18.0 Å². The summed E-state index contributed by atoms with van der Waals surface area (Å²) in [6.45, 7) is 3.24. The third-order valence-electron chi connectivity index (χ3n) is 3.37. The van der Waals surface area contributed by atoms with Gasteiger partial charge in [0.25, 0.3) is 10.0 Å². The molecule has 1 aromatic rings. The summed E-state index contributed by atoms with van der Waals surface area (Å²) >= 11 is 0.604. The van der Waals surface area contributed by atoms with Crippen molar-refractivity contribution in [2.75, 3.05) is 19.8 Å². The molecule has 0 spiro atoms. The van der Waals surface area contributed by atoms with Crippen LogP contribution in [0.1, 0.15) is 12.6 Å². The lowest BCUT2D eigenvalue weighted by molar-refractivity contribution is -0.142. The Balaban J connectivity index is 2.43. The second kappa shape index (κ2) is 5.87. The lowest BCUT2D eigenvalue weighted by Crippen LogP contribution is -2.46. The van der Waals surface area contributed by atoms with Gasteiger partial charge in [-0.05, 0) is 6.92 Å². The van der Waals surface area contributed by atoms with Gasteiger partial charge in [-0.25, -0.2) is 8.42 Å². The van der Waals surface area contributed by atoms with Gasteiger partial charge in [-0.2, -0.15) is 4.31 Å². The molecule has 1 aromatic heterocycles. The molecule has 0 radical (unpaired) electrons. The highest BCUT2D eigenvalue weighted by Crippen LogP contribution is 2.28. The minimum absolute atomic E-state index is 0.0195. The predicted octanol–water partition coefficient (Wildman–Crippen LogP) is -0.145. The molecule has 1 aliphatic rings. The van der Waals surface area contributed by atoms with Gasteiger partial charge in [0.05, 0.1) is 25.2 Å². The molecule has 0 bridgehead atoms. The molecule has 10 heteroatoms. The number of rotatable bonds is 5. The van der Waals surface area contributed by atoms with Crippen LogP contribution in [0.2, 0.25) is 0 Å². The number of carbonyl (C=O) groups is 1. The van der Waals surface area contributed by atoms with Crippen molar-refractivity contribution < 1.29 is 23.1 Å². The summed E-state index contributed by atoms with van der Waals surface area (Å²) in [7, 11) is -3.93. The Kier molecular flexibility index (Phi) is 4.51. The van der Waals surface area contributed by atoms with Gasteiger partial charge in [0, 0.05) is 12.2 Å². The topological polar surface area (TPSA) is 117 Å². The minimum atomic E-state index is -3.93. The van der Waals surface area contributed by atoms with E-state index in [1.54, 1.807) is 6.92 Å². The average molecular weight is 336 g/mol. The number of aryl methyl sites for hydroxylation is 1. The van der Waals surface area contributed by atoms with E-state index in [-0.39, 0.29) is 29.7 Å². The van der Waals surface area contributed by atoms with Gasteiger partial charge in [-0.1, -0.05) is 18.3 Å². The number of hydrogen-bond acceptors (Lipinski definition) is 6. The van der Waals surface area contributed by atoms with Crippen LogP contribution in [0.25, 0.3) is 0 Å². The van der Waals surface area contributed by atoms with Crippen LogP contribution in [0.15, 0.2) is 9.00 Å². The molecule has 8 nitrogen and oxygen atoms in total. The molecule has 0 saturated carbocycles. The van der Waals surface area contributed by atoms with Crippen LogP contribution in [0.4, 0.5) is 0 Å². The number of carboxylic acid groups (broad SMARTS) is 1. The summed E-state index contributed by atoms with van der Waals surface area (Å²) in [5, 5.41) is 9.17. The van der Waals surface area contributed by atoms with E-state index in [4.69, 9.17) is 9.84 Å². The summed E-state index contributed by atoms with van der Waals surface area (Å²) in [6, 6.07) is -0.769. The summed E-state index contributed by atoms with van der Waals surface area (Å²) < 4.78 is 31.5. The Bertz CT molecular complexity index is 692. The first-order valence-electron chi connectivity index (χ1n) is 6.31. The normalized spacial score (nSPS) is 22.8. The quantitative estimate of drug-likeness (QED) is 0.772. The summed E-state index contributed by atoms with van der Waals surface area (Å²) in [6.07, 6.45) is 0. The number of aromatic amines is 1. The number of hydrogen-bond donors (Lipinski definition) is 2. The van der Waals surface area contributed by atoms with Gasteiger partial charge in [0.1, 0.15) is 0 Å². The highest BCUT2D eigenvalue weighted by molar-refractivity contribution is 7.91. The number of aromatic nitrogens is 1. The Morgan fingerprint density at radius 2 is 2.19 bits per heavy atom. The Labute approximate surface area is 125 Å². The lowest BCUT2D eigenvalue weighted by atomic mass is 10.0. The fourth-order valence-corrected chi connectivity index (χ4v) is 5.46. The van der Waals surface area contributed by atoms with Gasteiger partial charge in [-0.3, -0.25) is 9.59 Å². The zero-order valence-electron chi connectivity index (χ0n) is 11.5. The molecule has 2 N–H and O–H groups in total. The molecular weight excluding hydrogens is 320 g/mol. The number of ether oxygens (including phenoxy) is 1. The number of carboxylic acids is 1. The second-order valence-electron chi connectivity index (χ2n) is 4.68. The third-order valence-corrected chi connectivity index (χ3v) is 6.96. The van der Waals surface area contributed by atoms with Gasteiger partial charge >= 0.3 is 10.8 Å². The largest absolute Gasteiger partial charge is 0.481 e. The fraction of sp³-hybridized carbons (Fsp3) is 0.636. The van der Waals surface area contributed by atoms with Crippen molar-refractivity contribution >= 4 is 27.3 Å². The number of H-pyrrole nitrogens is 1. The number of likely N-dealkylation sites (N-methyl/N-ethyl adjacent to an activating group) is 1. The van der Waals surface area contributed by atoms with Crippen molar-refractivity contribution in [1.29, 1.82) is 0 Å². The van der Waals surface area contributed by atoms with Gasteiger partial charge in [-0.15, -0.1) is 0 Å². The first-order valence-corrected chi connectivity index (χ1v) is 8.56. The van der Waals surface area contributed by atoms with Crippen LogP contribution >= 0.6 is 11.3 Å². The van der Waals surface area contributed by atoms with Gasteiger partial charge in [0.15, 0.2) is 4.21 Å². The van der Waals surface area contributed by atoms with Crippen molar-refractivity contribution in [2.24, 2.45) is 5.92 Å². The number of aliphatic carboxylic acids is 1. The van der Waals surface area contributed by atoms with E-state index in [1.165, 1.54) is 6.92 Å². The van der Waals surface area contributed by atoms with Crippen LogP contribution in [-0.4, -0.2) is 54.6 Å². The van der Waals surface area contributed by atoms with Crippen molar-refractivity contribution in [3.8, 4) is 0 Å². The van der Waals surface area contributed by atoms with Crippen LogP contribution < -0.4 is 4.87 Å². The number of sulfonamides is 1. The average Bonchev–Trinajstić information content (AvgIpc) is 2.97. The Morgan fingerprint density at radius 1 is 1.52 bits per heavy atom. The molecule has 0 amide bonds. The fourth-order valence-electron chi connectivity index (χ4n) is 2.39. The maximum atomic E-state index is 12.7. The Morgan fingerprint density at radius 3 is 2.67 bits per heavy atom. The van der Waals surface area contributed by atoms with Crippen molar-refractivity contribution in [3.63, 3.8) is 0 Å². The predicted molar refractivity (Wildman–Crippen MR) is 75.0 cm³/mol. The molecule has 2 unspecified atom stereocenters. The monoisotopic (exact) mass is 336 g/mol. The lowest BCUT2D eigenvalue weighted by Gasteiger charge is -2.27. The van der Waals surface area contributed by atoms with E-state index < -0.39 is 32.8 Å². The van der Waals surface area contributed by atoms with E-state index in [2.05, 4.69) is 4.98 Å². The molecule has 1 saturated heterocycles. The maximum absolute atomic E-state index is 12.7. The van der Waals surface area contributed by atoms with Crippen LogP contribution in [0.3, 0.4) is 0 Å². The summed E-state index contributed by atoms with van der Waals surface area (Å²) in [5.41, 5.74) is 0.259. The molecule has 1 aliphatic heterocycles. The highest BCUT2D eigenvalue weighted by atomic mass is 32.2. The molecule has 2 rings (SSSR count). The first-order chi connectivity index (χ1) is 9.78. The maximum Gasteiger partial charge on any atom is 0.310 e. The second-order valence-corrected chi connectivity index (χ2v) is 7.75. The number of nitrogens with one attached hydrogen (secondary N) is 1. The zero-order valence-corrected chi connectivity index (χ0v) is 13.2. The van der Waals surface area contributed by atoms with Crippen molar-refractivity contribution in [2.45, 2.75) is 24.1 Å². The van der Waals surface area contributed by atoms with E-state index >= 15 is 0 Å². The van der Waals surface area contributed by atoms with Crippen molar-refractivity contribution in [3.05, 3.63) is 15.4 Å². The minimum Gasteiger partial charge on any atom is -0.481 e. The van der Waals surface area contributed by atoms with E-state index in [1.807, 2.05) is 0 Å². The number of nitrogens with zero attached hydrogens (tertiary/aromatic N) is 1. The zero-order chi connectivity index (χ0) is 15.8. The van der Waals surface area contributed by atoms with Crippen molar-refractivity contribution in [1.82, 2.24) is 9.29 Å². The first kappa shape index (κ1) is 16.1. The Hall–Kier alpha value is -1.23. The molecule has 0 aromatic carbocycles. The molecule has 118 valence electrons. The smallest absolute Gasteiger partial charge is 0.310 e. The molecule has 2 heterocycles. The summed E-state index contributed by atoms with van der Waals surface area (Å²) in [4.78, 5) is 24.5. The molecular formula is C11H16N2O6S2. The van der Waals surface area contributed by atoms with Crippen LogP contribution in [0.5, 0.6) is 0 Å². The van der Waals surface area contributed by atoms with Crippen LogP contribution in [0, 0.1) is 12.8 Å². The standard InChI is InChI=1S/C11H16N2O6S2/c1-3-13(8-5-19-4-7(8)9(14)15)21(17,18)10-6(2)12-11(16)20-10/h7-8H,3-5H2,1-2H3,(H,12,16)(H,14,15). The van der Waals surface area contributed by atoms with E-state index in [0.717, 1.165) is 4.31 Å². The molecule has 21 heavy (non-hydrogen) atoms. The summed E-state index contributed by atoms with van der Waals surface area (Å²) in [5.74, 6) is -2.00. The van der Waals surface area contributed by atoms with Gasteiger partial charge < -0.3 is 14.8 Å². The third kappa shape index (κ3) is 2.89. The number of thiazole rings is 1. The highest BCUT2D eigenvalue weighted by Gasteiger charge is 2.43.